The Balaban J connectivity index is 2.94. The maximum absolute atomic E-state index is 13.2. The summed E-state index contributed by atoms with van der Waals surface area (Å²) in [6, 6.07) is 0.689. The molecule has 0 aliphatic carbocycles. The number of halogens is 3. The van der Waals surface area contributed by atoms with Gasteiger partial charge in [0.15, 0.2) is 11.6 Å². The number of hydrogen-bond acceptors (Lipinski definition) is 2. The molecule has 1 atom stereocenters. The van der Waals surface area contributed by atoms with Crippen LogP contribution in [0.25, 0.3) is 0 Å². The molecule has 1 unspecified atom stereocenters. The summed E-state index contributed by atoms with van der Waals surface area (Å²) in [6.07, 6.45) is 0. The molecule has 0 heterocycles. The second-order valence-electron chi connectivity index (χ2n) is 4.27. The highest BCUT2D eigenvalue weighted by atomic mass is 19.2. The van der Waals surface area contributed by atoms with E-state index in [-0.39, 0.29) is 5.69 Å². The van der Waals surface area contributed by atoms with Crippen LogP contribution in [-0.2, 0) is 0 Å². The van der Waals surface area contributed by atoms with Crippen LogP contribution >= 0.6 is 0 Å². The first-order chi connectivity index (χ1) is 7.21. The molecule has 0 saturated carbocycles. The maximum atomic E-state index is 13.2. The van der Waals surface area contributed by atoms with Gasteiger partial charge in [-0.25, -0.2) is 13.2 Å². The first-order valence-corrected chi connectivity index (χ1v) is 4.85. The molecule has 90 valence electrons. The third kappa shape index (κ3) is 2.88. The van der Waals surface area contributed by atoms with Crippen LogP contribution in [0.2, 0.25) is 0 Å². The van der Waals surface area contributed by atoms with Gasteiger partial charge >= 0.3 is 0 Å². The van der Waals surface area contributed by atoms with Crippen LogP contribution in [0, 0.1) is 17.5 Å². The molecule has 0 bridgehead atoms. The van der Waals surface area contributed by atoms with Crippen LogP contribution < -0.4 is 5.32 Å². The minimum absolute atomic E-state index is 0.173. The topological polar surface area (TPSA) is 32.3 Å². The Hall–Kier alpha value is -1.23. The van der Waals surface area contributed by atoms with Gasteiger partial charge in [0.2, 0.25) is 0 Å². The van der Waals surface area contributed by atoms with Crippen molar-refractivity contribution in [3.63, 3.8) is 0 Å². The van der Waals surface area contributed by atoms with Crippen LogP contribution in [-0.4, -0.2) is 16.7 Å². The molecule has 0 saturated heterocycles. The predicted molar refractivity (Wildman–Crippen MR) is 55.7 cm³/mol. The first-order valence-electron chi connectivity index (χ1n) is 4.85. The van der Waals surface area contributed by atoms with Gasteiger partial charge in [0.1, 0.15) is 5.82 Å². The highest BCUT2D eigenvalue weighted by Crippen LogP contribution is 2.21. The SMILES string of the molecule is CC(Nc1cc(F)c(F)cc1F)C(C)(C)O. The lowest BCUT2D eigenvalue weighted by Crippen LogP contribution is -2.39. The largest absolute Gasteiger partial charge is 0.388 e. The zero-order chi connectivity index (χ0) is 12.5. The van der Waals surface area contributed by atoms with E-state index in [0.717, 1.165) is 6.07 Å². The normalized spacial score (nSPS) is 13.7. The van der Waals surface area contributed by atoms with Crippen LogP contribution in [0.15, 0.2) is 12.1 Å². The standard InChI is InChI=1S/C11H14F3NO/c1-6(11(2,3)16)15-10-5-8(13)7(12)4-9(10)14/h4-6,15-16H,1-3H3. The summed E-state index contributed by atoms with van der Waals surface area (Å²) in [7, 11) is 0. The minimum atomic E-state index is -1.24. The highest BCUT2D eigenvalue weighted by Gasteiger charge is 2.23. The average Bonchev–Trinajstić information content (AvgIpc) is 2.12. The Labute approximate surface area is 92.1 Å². The maximum Gasteiger partial charge on any atom is 0.161 e. The minimum Gasteiger partial charge on any atom is -0.388 e. The molecule has 1 aromatic carbocycles. The zero-order valence-electron chi connectivity index (χ0n) is 9.31. The average molecular weight is 233 g/mol. The number of aliphatic hydroxyl groups is 1. The molecule has 0 spiro atoms. The third-order valence-corrected chi connectivity index (χ3v) is 2.44. The molecular formula is C11H14F3NO. The van der Waals surface area contributed by atoms with E-state index in [1.165, 1.54) is 13.8 Å². The van der Waals surface area contributed by atoms with Gasteiger partial charge in [-0.1, -0.05) is 0 Å². The van der Waals surface area contributed by atoms with Gasteiger partial charge in [0, 0.05) is 12.1 Å². The van der Waals surface area contributed by atoms with Gasteiger partial charge in [-0.3, -0.25) is 0 Å². The van der Waals surface area contributed by atoms with E-state index in [1.807, 2.05) is 0 Å². The van der Waals surface area contributed by atoms with E-state index in [1.54, 1.807) is 6.92 Å². The van der Waals surface area contributed by atoms with Gasteiger partial charge in [-0.15, -0.1) is 0 Å². The van der Waals surface area contributed by atoms with Crippen LogP contribution in [0.5, 0.6) is 0 Å². The van der Waals surface area contributed by atoms with Crippen molar-refractivity contribution in [1.82, 2.24) is 0 Å². The van der Waals surface area contributed by atoms with Gasteiger partial charge in [-0.2, -0.15) is 0 Å². The Kier molecular flexibility index (Phi) is 3.48. The summed E-state index contributed by atoms with van der Waals surface area (Å²) in [5.74, 6) is -3.26. The second kappa shape index (κ2) is 4.33. The van der Waals surface area contributed by atoms with Gasteiger partial charge in [0.05, 0.1) is 17.3 Å². The summed E-state index contributed by atoms with van der Waals surface area (Å²) in [6.45, 7) is 4.67. The molecule has 0 amide bonds. The molecule has 0 fully saturated rings. The van der Waals surface area contributed by atoms with Crippen molar-refractivity contribution >= 4 is 5.69 Å². The van der Waals surface area contributed by atoms with Crippen molar-refractivity contribution in [3.05, 3.63) is 29.6 Å². The molecule has 0 aliphatic rings. The molecular weight excluding hydrogens is 219 g/mol. The molecule has 0 aliphatic heterocycles. The number of benzene rings is 1. The fourth-order valence-electron chi connectivity index (χ4n) is 1.04. The van der Waals surface area contributed by atoms with E-state index < -0.39 is 29.1 Å². The smallest absolute Gasteiger partial charge is 0.161 e. The highest BCUT2D eigenvalue weighted by molar-refractivity contribution is 5.46. The summed E-state index contributed by atoms with van der Waals surface area (Å²) in [4.78, 5) is 0. The second-order valence-corrected chi connectivity index (χ2v) is 4.27. The van der Waals surface area contributed by atoms with Crippen molar-refractivity contribution in [2.75, 3.05) is 5.32 Å². The fraction of sp³-hybridized carbons (Fsp3) is 0.455. The monoisotopic (exact) mass is 233 g/mol. The molecule has 1 aromatic rings. The number of anilines is 1. The lowest BCUT2D eigenvalue weighted by atomic mass is 10.0. The number of nitrogens with one attached hydrogen (secondary N) is 1. The molecule has 0 aromatic heterocycles. The Morgan fingerprint density at radius 2 is 1.62 bits per heavy atom. The first kappa shape index (κ1) is 12.8. The van der Waals surface area contributed by atoms with Gasteiger partial charge in [-0.05, 0) is 20.8 Å². The zero-order valence-corrected chi connectivity index (χ0v) is 9.31. The van der Waals surface area contributed by atoms with Crippen molar-refractivity contribution in [1.29, 1.82) is 0 Å². The molecule has 2 N–H and O–H groups in total. The Morgan fingerprint density at radius 3 is 2.12 bits per heavy atom. The molecule has 0 radical (unpaired) electrons. The van der Waals surface area contributed by atoms with Crippen molar-refractivity contribution in [2.24, 2.45) is 0 Å². The summed E-state index contributed by atoms with van der Waals surface area (Å²) in [5, 5.41) is 12.2. The molecule has 2 nitrogen and oxygen atoms in total. The summed E-state index contributed by atoms with van der Waals surface area (Å²) in [5.41, 5.74) is -1.27. The van der Waals surface area contributed by atoms with Crippen molar-refractivity contribution < 1.29 is 18.3 Å². The lowest BCUT2D eigenvalue weighted by molar-refractivity contribution is 0.0648. The molecule has 1 rings (SSSR count). The van der Waals surface area contributed by atoms with E-state index in [9.17, 15) is 18.3 Å². The summed E-state index contributed by atoms with van der Waals surface area (Å²) >= 11 is 0. The van der Waals surface area contributed by atoms with Crippen LogP contribution in [0.3, 0.4) is 0 Å². The fourth-order valence-corrected chi connectivity index (χ4v) is 1.04. The van der Waals surface area contributed by atoms with Crippen LogP contribution in [0.4, 0.5) is 18.9 Å². The number of rotatable bonds is 3. The molecule has 16 heavy (non-hydrogen) atoms. The van der Waals surface area contributed by atoms with E-state index >= 15 is 0 Å². The molecule has 5 heteroatoms. The third-order valence-electron chi connectivity index (χ3n) is 2.44. The Bertz CT molecular complexity index is 388. The van der Waals surface area contributed by atoms with Crippen LogP contribution in [0.1, 0.15) is 20.8 Å². The number of hydrogen-bond donors (Lipinski definition) is 2. The van der Waals surface area contributed by atoms with E-state index in [2.05, 4.69) is 5.32 Å². The Morgan fingerprint density at radius 1 is 1.12 bits per heavy atom. The van der Waals surface area contributed by atoms with Gasteiger partial charge < -0.3 is 10.4 Å². The van der Waals surface area contributed by atoms with Gasteiger partial charge in [0.25, 0.3) is 0 Å². The van der Waals surface area contributed by atoms with E-state index in [4.69, 9.17) is 0 Å². The predicted octanol–water partition coefficient (Wildman–Crippen LogP) is 2.68. The van der Waals surface area contributed by atoms with E-state index in [0.29, 0.717) is 6.07 Å². The lowest BCUT2D eigenvalue weighted by Gasteiger charge is -2.27. The summed E-state index contributed by atoms with van der Waals surface area (Å²) < 4.78 is 38.7. The quantitative estimate of drug-likeness (QED) is 0.787. The van der Waals surface area contributed by atoms with Crippen molar-refractivity contribution in [2.45, 2.75) is 32.4 Å². The van der Waals surface area contributed by atoms with Crippen molar-refractivity contribution in [3.8, 4) is 0 Å².